The number of non-ortho nitro benzene ring substituents is 1. The highest BCUT2D eigenvalue weighted by atomic mass is 19.3. The zero-order valence-electron chi connectivity index (χ0n) is 10.4. The molecule has 0 saturated carbocycles. The van der Waals surface area contributed by atoms with Crippen molar-refractivity contribution in [3.8, 4) is 17.9 Å². The fourth-order valence-corrected chi connectivity index (χ4v) is 1.26. The Kier molecular flexibility index (Phi) is 5.59. The zero-order chi connectivity index (χ0) is 15.8. The van der Waals surface area contributed by atoms with Crippen LogP contribution in [0.2, 0.25) is 0 Å². The van der Waals surface area contributed by atoms with Crippen LogP contribution >= 0.6 is 0 Å². The fraction of sp³-hybridized carbons (Fsp3) is 0.167. The summed E-state index contributed by atoms with van der Waals surface area (Å²) in [7, 11) is 0. The smallest absolute Gasteiger partial charge is 0.275 e. The van der Waals surface area contributed by atoms with Gasteiger partial charge in [-0.15, -0.1) is 0 Å². The number of rotatable bonds is 6. The second-order valence-electron chi connectivity index (χ2n) is 3.60. The largest absolute Gasteiger partial charge is 0.487 e. The van der Waals surface area contributed by atoms with E-state index in [1.807, 2.05) is 0 Å². The first-order valence-corrected chi connectivity index (χ1v) is 5.43. The summed E-state index contributed by atoms with van der Waals surface area (Å²) in [5.41, 5.74) is -0.513. The normalized spacial score (nSPS) is 9.38. The van der Waals surface area contributed by atoms with Crippen molar-refractivity contribution in [3.05, 3.63) is 40.1 Å². The first kappa shape index (κ1) is 15.9. The summed E-state index contributed by atoms with van der Waals surface area (Å²) in [4.78, 5) is 10.0. The lowest BCUT2D eigenvalue weighted by molar-refractivity contribution is -0.384. The molecule has 1 aromatic rings. The molecule has 1 rings (SSSR count). The summed E-state index contributed by atoms with van der Waals surface area (Å²) >= 11 is 0. The predicted molar refractivity (Wildman–Crippen MR) is 67.5 cm³/mol. The molecule has 0 fully saturated rings. The van der Waals surface area contributed by atoms with E-state index in [2.05, 4.69) is 5.32 Å². The zero-order valence-corrected chi connectivity index (χ0v) is 10.4. The van der Waals surface area contributed by atoms with Gasteiger partial charge < -0.3 is 10.1 Å². The van der Waals surface area contributed by atoms with Crippen molar-refractivity contribution in [2.45, 2.75) is 6.43 Å². The van der Waals surface area contributed by atoms with E-state index < -0.39 is 18.0 Å². The summed E-state index contributed by atoms with van der Waals surface area (Å²) in [6.45, 7) is -0.905. The third kappa shape index (κ3) is 5.12. The molecule has 0 aliphatic heterocycles. The molecule has 108 valence electrons. The minimum Gasteiger partial charge on any atom is -0.487 e. The third-order valence-electron chi connectivity index (χ3n) is 2.10. The highest BCUT2D eigenvalue weighted by molar-refractivity contribution is 5.58. The molecule has 0 radical (unpaired) electrons. The van der Waals surface area contributed by atoms with Crippen LogP contribution in [0.15, 0.2) is 30.0 Å². The third-order valence-corrected chi connectivity index (χ3v) is 2.10. The summed E-state index contributed by atoms with van der Waals surface area (Å²) in [5, 5.41) is 30.3. The first-order chi connectivity index (χ1) is 9.96. The summed E-state index contributed by atoms with van der Waals surface area (Å²) < 4.78 is 28.9. The average molecular weight is 294 g/mol. The molecule has 0 atom stereocenters. The molecular weight excluding hydrogens is 286 g/mol. The van der Waals surface area contributed by atoms with Crippen molar-refractivity contribution in [2.24, 2.45) is 0 Å². The fourth-order valence-electron chi connectivity index (χ4n) is 1.26. The van der Waals surface area contributed by atoms with Crippen molar-refractivity contribution in [1.29, 1.82) is 10.5 Å². The quantitative estimate of drug-likeness (QED) is 0.490. The number of nitro benzene ring substituents is 1. The number of ether oxygens (including phenoxy) is 1. The van der Waals surface area contributed by atoms with Crippen LogP contribution in [0.4, 0.5) is 20.2 Å². The van der Waals surface area contributed by atoms with E-state index in [-0.39, 0.29) is 22.7 Å². The van der Waals surface area contributed by atoms with Crippen molar-refractivity contribution in [3.63, 3.8) is 0 Å². The Morgan fingerprint density at radius 3 is 2.62 bits per heavy atom. The molecule has 21 heavy (non-hydrogen) atoms. The number of halogens is 2. The molecule has 0 heterocycles. The molecule has 9 heteroatoms. The monoisotopic (exact) mass is 294 g/mol. The maximum absolute atomic E-state index is 12.1. The van der Waals surface area contributed by atoms with Gasteiger partial charge in [-0.05, 0) is 0 Å². The summed E-state index contributed by atoms with van der Waals surface area (Å²) in [6, 6.07) is 6.51. The lowest BCUT2D eigenvalue weighted by Crippen LogP contribution is -2.07. The second-order valence-corrected chi connectivity index (χ2v) is 3.60. The second kappa shape index (κ2) is 7.40. The van der Waals surface area contributed by atoms with Gasteiger partial charge in [0.1, 0.15) is 30.1 Å². The van der Waals surface area contributed by atoms with Crippen molar-refractivity contribution >= 4 is 11.4 Å². The molecule has 7 nitrogen and oxygen atoms in total. The average Bonchev–Trinajstić information content (AvgIpc) is 2.46. The Morgan fingerprint density at radius 2 is 2.10 bits per heavy atom. The number of nitriles is 2. The van der Waals surface area contributed by atoms with E-state index in [1.54, 1.807) is 12.1 Å². The van der Waals surface area contributed by atoms with Crippen molar-refractivity contribution in [1.82, 2.24) is 0 Å². The minimum absolute atomic E-state index is 0.122. The number of nitrogens with one attached hydrogen (secondary N) is 1. The summed E-state index contributed by atoms with van der Waals surface area (Å²) in [5.74, 6) is -0.129. The number of allylic oxidation sites excluding steroid dienone is 1. The molecule has 0 amide bonds. The van der Waals surface area contributed by atoms with Crippen LogP contribution < -0.4 is 10.1 Å². The van der Waals surface area contributed by atoms with Gasteiger partial charge in [0.25, 0.3) is 12.1 Å². The standard InChI is InChI=1S/C12H8F2N4O3/c13-12(14)7-21-11-2-9(1-10(3-11)18(19)20)17-6-8(4-15)5-16/h1-3,6,12,17H,7H2. The molecule has 0 saturated heterocycles. The van der Waals surface area contributed by atoms with Crippen LogP contribution in [-0.2, 0) is 0 Å². The van der Waals surface area contributed by atoms with Gasteiger partial charge in [-0.1, -0.05) is 0 Å². The van der Waals surface area contributed by atoms with Gasteiger partial charge in [-0.3, -0.25) is 10.1 Å². The van der Waals surface area contributed by atoms with Crippen molar-refractivity contribution < 1.29 is 18.4 Å². The maximum Gasteiger partial charge on any atom is 0.275 e. The van der Waals surface area contributed by atoms with Crippen molar-refractivity contribution in [2.75, 3.05) is 11.9 Å². The number of nitrogens with zero attached hydrogens (tertiary/aromatic N) is 3. The Morgan fingerprint density at radius 1 is 1.43 bits per heavy atom. The lowest BCUT2D eigenvalue weighted by Gasteiger charge is -2.08. The molecule has 0 aliphatic carbocycles. The van der Waals surface area contributed by atoms with Gasteiger partial charge in [0.2, 0.25) is 0 Å². The number of alkyl halides is 2. The highest BCUT2D eigenvalue weighted by Gasteiger charge is 2.12. The first-order valence-electron chi connectivity index (χ1n) is 5.43. The van der Waals surface area contributed by atoms with E-state index in [4.69, 9.17) is 15.3 Å². The van der Waals surface area contributed by atoms with Crippen LogP contribution in [-0.4, -0.2) is 18.0 Å². The maximum atomic E-state index is 12.1. The molecular formula is C12H8F2N4O3. The lowest BCUT2D eigenvalue weighted by atomic mass is 10.2. The van der Waals surface area contributed by atoms with E-state index >= 15 is 0 Å². The van der Waals surface area contributed by atoms with Gasteiger partial charge in [-0.25, -0.2) is 8.78 Å². The molecule has 1 aromatic carbocycles. The predicted octanol–water partition coefficient (Wildman–Crippen LogP) is 2.58. The van der Waals surface area contributed by atoms with Gasteiger partial charge in [0.15, 0.2) is 0 Å². The Bertz CT molecular complexity index is 631. The van der Waals surface area contributed by atoms with Crippen LogP contribution in [0.25, 0.3) is 0 Å². The Balaban J connectivity index is 3.03. The van der Waals surface area contributed by atoms with E-state index in [0.717, 1.165) is 18.3 Å². The van der Waals surface area contributed by atoms with Gasteiger partial charge >= 0.3 is 0 Å². The Hall–Kier alpha value is -3.20. The van der Waals surface area contributed by atoms with E-state index in [9.17, 15) is 18.9 Å². The highest BCUT2D eigenvalue weighted by Crippen LogP contribution is 2.26. The Labute approximate surface area is 117 Å². The molecule has 0 bridgehead atoms. The SMILES string of the molecule is N#CC(C#N)=CNc1cc(OCC(F)F)cc([N+](=O)[O-])c1. The van der Waals surface area contributed by atoms with E-state index in [1.165, 1.54) is 6.07 Å². The number of benzene rings is 1. The van der Waals surface area contributed by atoms with Gasteiger partial charge in [0, 0.05) is 24.0 Å². The van der Waals surface area contributed by atoms with Crippen LogP contribution in [0, 0.1) is 32.8 Å². The number of hydrogen-bond acceptors (Lipinski definition) is 6. The number of nitro groups is 1. The van der Waals surface area contributed by atoms with Gasteiger partial charge in [-0.2, -0.15) is 10.5 Å². The van der Waals surface area contributed by atoms with E-state index in [0.29, 0.717) is 0 Å². The molecule has 0 aromatic heterocycles. The minimum atomic E-state index is -2.72. The molecule has 0 aliphatic rings. The summed E-state index contributed by atoms with van der Waals surface area (Å²) in [6.07, 6.45) is -1.68. The van der Waals surface area contributed by atoms with Crippen LogP contribution in [0.5, 0.6) is 5.75 Å². The van der Waals surface area contributed by atoms with Crippen LogP contribution in [0.1, 0.15) is 0 Å². The van der Waals surface area contributed by atoms with Crippen LogP contribution in [0.3, 0.4) is 0 Å². The topological polar surface area (TPSA) is 112 Å². The van der Waals surface area contributed by atoms with Gasteiger partial charge in [0.05, 0.1) is 11.0 Å². The molecule has 0 spiro atoms. The number of hydrogen-bond donors (Lipinski definition) is 1. The molecule has 0 unspecified atom stereocenters. The molecule has 1 N–H and O–H groups in total. The number of anilines is 1.